The monoisotopic (exact) mass is 248 g/mol. The minimum absolute atomic E-state index is 0.104. The molecule has 0 radical (unpaired) electrons. The molecule has 1 aliphatic rings. The van der Waals surface area contributed by atoms with E-state index in [1.807, 2.05) is 18.2 Å². The fourth-order valence-electron chi connectivity index (χ4n) is 1.64. The molecule has 1 aromatic heterocycles. The molecular formula is C11H12N4OS. The molecule has 2 aromatic rings. The third-order valence-corrected chi connectivity index (χ3v) is 3.26. The van der Waals surface area contributed by atoms with E-state index in [2.05, 4.69) is 19.4 Å². The van der Waals surface area contributed by atoms with Gasteiger partial charge in [0.05, 0.1) is 11.7 Å². The molecule has 6 heteroatoms. The topological polar surface area (TPSA) is 66.9 Å². The van der Waals surface area contributed by atoms with E-state index in [4.69, 9.17) is 0 Å². The summed E-state index contributed by atoms with van der Waals surface area (Å²) in [6.45, 7) is 0.487. The summed E-state index contributed by atoms with van der Waals surface area (Å²) in [4.78, 5) is 11.5. The van der Waals surface area contributed by atoms with Crippen LogP contribution in [0.1, 0.15) is 18.4 Å². The van der Waals surface area contributed by atoms with Gasteiger partial charge in [-0.25, -0.2) is 4.79 Å². The number of nitrogens with one attached hydrogen (secondary N) is 2. The number of fused-ring (bicyclic) bond motifs is 1. The molecule has 1 aromatic carbocycles. The first-order chi connectivity index (χ1) is 8.33. The Hall–Kier alpha value is -1.69. The van der Waals surface area contributed by atoms with Gasteiger partial charge in [0.15, 0.2) is 0 Å². The first-order valence-electron chi connectivity index (χ1n) is 5.57. The van der Waals surface area contributed by atoms with Crippen LogP contribution in [0.15, 0.2) is 18.2 Å². The number of benzene rings is 1. The number of nitrogens with zero attached hydrogens (tertiary/aromatic N) is 2. The molecule has 0 saturated heterocycles. The van der Waals surface area contributed by atoms with Crippen molar-refractivity contribution in [1.29, 1.82) is 0 Å². The van der Waals surface area contributed by atoms with Crippen molar-refractivity contribution in [2.45, 2.75) is 25.4 Å². The highest BCUT2D eigenvalue weighted by atomic mass is 32.1. The molecule has 2 amide bonds. The van der Waals surface area contributed by atoms with E-state index in [-0.39, 0.29) is 6.03 Å². The molecule has 1 fully saturated rings. The van der Waals surface area contributed by atoms with E-state index in [0.29, 0.717) is 12.6 Å². The highest BCUT2D eigenvalue weighted by Crippen LogP contribution is 2.18. The van der Waals surface area contributed by atoms with Crippen molar-refractivity contribution in [3.05, 3.63) is 23.8 Å². The van der Waals surface area contributed by atoms with Crippen LogP contribution in [-0.4, -0.2) is 20.8 Å². The van der Waals surface area contributed by atoms with Crippen LogP contribution in [0, 0.1) is 0 Å². The normalized spacial score (nSPS) is 14.8. The second-order valence-electron chi connectivity index (χ2n) is 4.15. The number of carbonyl (C=O) groups excluding carboxylic acids is 1. The molecule has 1 aliphatic carbocycles. The van der Waals surface area contributed by atoms with Crippen molar-refractivity contribution >= 4 is 28.8 Å². The molecule has 3 rings (SSSR count). The van der Waals surface area contributed by atoms with E-state index in [1.54, 1.807) is 0 Å². The summed E-state index contributed by atoms with van der Waals surface area (Å²) in [6.07, 6.45) is 2.19. The smallest absolute Gasteiger partial charge is 0.315 e. The van der Waals surface area contributed by atoms with Crippen LogP contribution in [-0.2, 0) is 6.54 Å². The van der Waals surface area contributed by atoms with Crippen LogP contribution in [0.4, 0.5) is 4.79 Å². The second kappa shape index (κ2) is 4.29. The van der Waals surface area contributed by atoms with E-state index in [1.165, 1.54) is 11.7 Å². The molecule has 88 valence electrons. The number of amides is 2. The molecule has 17 heavy (non-hydrogen) atoms. The van der Waals surface area contributed by atoms with Gasteiger partial charge in [-0.3, -0.25) is 0 Å². The van der Waals surface area contributed by atoms with Gasteiger partial charge >= 0.3 is 6.03 Å². The number of carbonyl (C=O) groups is 1. The van der Waals surface area contributed by atoms with Crippen LogP contribution in [0.2, 0.25) is 0 Å². The van der Waals surface area contributed by atoms with Gasteiger partial charge in [0.1, 0.15) is 11.0 Å². The summed E-state index contributed by atoms with van der Waals surface area (Å²) >= 11 is 1.19. The van der Waals surface area contributed by atoms with Gasteiger partial charge in [-0.2, -0.15) is 8.75 Å². The Bertz CT molecular complexity index is 549. The standard InChI is InChI=1S/C11H12N4OS/c16-11(13-8-4-5-8)12-6-7-2-1-3-9-10(7)15-17-14-9/h1-3,8H,4-6H2,(H2,12,13,16). The van der Waals surface area contributed by atoms with Crippen molar-refractivity contribution in [3.8, 4) is 0 Å². The molecule has 0 aliphatic heterocycles. The largest absolute Gasteiger partial charge is 0.335 e. The highest BCUT2D eigenvalue weighted by molar-refractivity contribution is 7.00. The van der Waals surface area contributed by atoms with E-state index in [9.17, 15) is 4.79 Å². The number of hydrogen-bond donors (Lipinski definition) is 2. The summed E-state index contributed by atoms with van der Waals surface area (Å²) in [5, 5.41) is 5.72. The predicted octanol–water partition coefficient (Wildman–Crippen LogP) is 1.65. The van der Waals surface area contributed by atoms with Crippen LogP contribution in [0.25, 0.3) is 11.0 Å². The van der Waals surface area contributed by atoms with E-state index >= 15 is 0 Å². The average Bonchev–Trinajstić information content (AvgIpc) is 3.00. The Morgan fingerprint density at radius 3 is 3.12 bits per heavy atom. The van der Waals surface area contributed by atoms with Gasteiger partial charge in [-0.1, -0.05) is 12.1 Å². The zero-order valence-electron chi connectivity index (χ0n) is 9.14. The minimum Gasteiger partial charge on any atom is -0.335 e. The zero-order valence-corrected chi connectivity index (χ0v) is 9.96. The van der Waals surface area contributed by atoms with Crippen molar-refractivity contribution in [3.63, 3.8) is 0 Å². The molecule has 0 bridgehead atoms. The fourth-order valence-corrected chi connectivity index (χ4v) is 2.21. The van der Waals surface area contributed by atoms with Crippen molar-refractivity contribution in [1.82, 2.24) is 19.4 Å². The lowest BCUT2D eigenvalue weighted by molar-refractivity contribution is 0.240. The van der Waals surface area contributed by atoms with Gasteiger partial charge in [0, 0.05) is 18.2 Å². The molecular weight excluding hydrogens is 236 g/mol. The maximum Gasteiger partial charge on any atom is 0.315 e. The predicted molar refractivity (Wildman–Crippen MR) is 65.8 cm³/mol. The molecule has 0 atom stereocenters. The number of urea groups is 1. The first-order valence-corrected chi connectivity index (χ1v) is 6.30. The van der Waals surface area contributed by atoms with Crippen LogP contribution in [0.5, 0.6) is 0 Å². The van der Waals surface area contributed by atoms with Crippen molar-refractivity contribution in [2.24, 2.45) is 0 Å². The van der Waals surface area contributed by atoms with Gasteiger partial charge in [0.25, 0.3) is 0 Å². The molecule has 5 nitrogen and oxygen atoms in total. The number of hydrogen-bond acceptors (Lipinski definition) is 4. The highest BCUT2D eigenvalue weighted by Gasteiger charge is 2.22. The maximum atomic E-state index is 11.5. The van der Waals surface area contributed by atoms with Gasteiger partial charge < -0.3 is 10.6 Å². The first kappa shape index (κ1) is 10.5. The summed E-state index contributed by atoms with van der Waals surface area (Å²) < 4.78 is 8.40. The summed E-state index contributed by atoms with van der Waals surface area (Å²) in [5.74, 6) is 0. The Morgan fingerprint density at radius 2 is 2.29 bits per heavy atom. The zero-order chi connectivity index (χ0) is 11.7. The Kier molecular flexibility index (Phi) is 2.64. The number of aromatic nitrogens is 2. The molecule has 0 spiro atoms. The lowest BCUT2D eigenvalue weighted by Crippen LogP contribution is -2.36. The third-order valence-electron chi connectivity index (χ3n) is 2.72. The lowest BCUT2D eigenvalue weighted by Gasteiger charge is -2.06. The Morgan fingerprint density at radius 1 is 1.41 bits per heavy atom. The molecule has 1 saturated carbocycles. The third kappa shape index (κ3) is 2.36. The number of rotatable bonds is 3. The SMILES string of the molecule is O=C(NCc1cccc2nsnc12)NC1CC1. The van der Waals surface area contributed by atoms with Crippen molar-refractivity contribution in [2.75, 3.05) is 0 Å². The molecule has 1 heterocycles. The van der Waals surface area contributed by atoms with E-state index in [0.717, 1.165) is 29.4 Å². The van der Waals surface area contributed by atoms with E-state index < -0.39 is 0 Å². The summed E-state index contributed by atoms with van der Waals surface area (Å²) in [7, 11) is 0. The van der Waals surface area contributed by atoms with Gasteiger partial charge in [-0.15, -0.1) is 0 Å². The molecule has 2 N–H and O–H groups in total. The second-order valence-corrected chi connectivity index (χ2v) is 4.68. The van der Waals surface area contributed by atoms with Gasteiger partial charge in [-0.05, 0) is 18.9 Å². The summed E-state index contributed by atoms with van der Waals surface area (Å²) in [5.41, 5.74) is 2.77. The average molecular weight is 248 g/mol. The van der Waals surface area contributed by atoms with Crippen LogP contribution < -0.4 is 10.6 Å². The van der Waals surface area contributed by atoms with Crippen LogP contribution >= 0.6 is 11.7 Å². The lowest BCUT2D eigenvalue weighted by atomic mass is 10.2. The van der Waals surface area contributed by atoms with Crippen LogP contribution in [0.3, 0.4) is 0 Å². The molecule has 0 unspecified atom stereocenters. The maximum absolute atomic E-state index is 11.5. The van der Waals surface area contributed by atoms with Crippen molar-refractivity contribution < 1.29 is 4.79 Å². The Balaban J connectivity index is 1.67. The minimum atomic E-state index is -0.104. The van der Waals surface area contributed by atoms with Gasteiger partial charge in [0.2, 0.25) is 0 Å². The summed E-state index contributed by atoms with van der Waals surface area (Å²) in [6, 6.07) is 6.09. The fraction of sp³-hybridized carbons (Fsp3) is 0.364. The quantitative estimate of drug-likeness (QED) is 0.868. The Labute approximate surface area is 103 Å².